The Bertz CT molecular complexity index is 1070. The van der Waals surface area contributed by atoms with Crippen LogP contribution < -0.4 is 9.64 Å². The van der Waals surface area contributed by atoms with E-state index in [1.165, 1.54) is 12.8 Å². The fraction of sp³-hybridized carbons (Fsp3) is 0.609. The number of morpholine rings is 1. The van der Waals surface area contributed by atoms with Gasteiger partial charge in [-0.15, -0.1) is 0 Å². The highest BCUT2D eigenvalue weighted by atomic mass is 16.5. The van der Waals surface area contributed by atoms with E-state index in [1.807, 2.05) is 12.3 Å². The minimum absolute atomic E-state index is 0.104. The molecule has 3 aliphatic rings. The van der Waals surface area contributed by atoms with Crippen LogP contribution in [0.5, 0.6) is 5.75 Å². The van der Waals surface area contributed by atoms with Gasteiger partial charge in [-0.1, -0.05) is 0 Å². The van der Waals surface area contributed by atoms with Gasteiger partial charge in [-0.05, 0) is 45.4 Å². The number of anilines is 1. The number of H-pyrrole nitrogens is 1. The summed E-state index contributed by atoms with van der Waals surface area (Å²) in [6, 6.07) is 4.22. The average Bonchev–Trinajstić information content (AvgIpc) is 3.57. The average molecular weight is 439 g/mol. The summed E-state index contributed by atoms with van der Waals surface area (Å²) < 4.78 is 20.1. The first-order valence-electron chi connectivity index (χ1n) is 11.7. The minimum atomic E-state index is 0.104. The van der Waals surface area contributed by atoms with Gasteiger partial charge in [-0.25, -0.2) is 4.98 Å². The summed E-state index contributed by atoms with van der Waals surface area (Å²) in [6.07, 6.45) is 10.4. The SMILES string of the molecule is C[C@@H]1COCCN1c1cc(O[C@H]2CC[C@]3(CCCO3)CC2)c2cnn(-c3cc[nH]n3)c2n1. The van der Waals surface area contributed by atoms with Gasteiger partial charge < -0.3 is 19.1 Å². The Hall–Kier alpha value is -2.65. The van der Waals surface area contributed by atoms with Crippen LogP contribution in [0.25, 0.3) is 16.9 Å². The zero-order chi connectivity index (χ0) is 21.5. The lowest BCUT2D eigenvalue weighted by Gasteiger charge is -2.37. The van der Waals surface area contributed by atoms with E-state index in [9.17, 15) is 0 Å². The van der Waals surface area contributed by atoms with Crippen LogP contribution in [0, 0.1) is 0 Å². The molecule has 3 aromatic heterocycles. The molecule has 170 valence electrons. The van der Waals surface area contributed by atoms with Gasteiger partial charge in [-0.2, -0.15) is 14.9 Å². The largest absolute Gasteiger partial charge is 0.489 e. The maximum Gasteiger partial charge on any atom is 0.177 e. The molecule has 0 amide bonds. The van der Waals surface area contributed by atoms with Crippen LogP contribution in [0.1, 0.15) is 45.4 Å². The molecule has 1 spiro atoms. The first-order valence-corrected chi connectivity index (χ1v) is 11.7. The zero-order valence-electron chi connectivity index (χ0n) is 18.5. The number of aromatic nitrogens is 5. The fourth-order valence-corrected chi connectivity index (χ4v) is 5.37. The van der Waals surface area contributed by atoms with E-state index in [2.05, 4.69) is 33.2 Å². The second-order valence-corrected chi connectivity index (χ2v) is 9.27. The summed E-state index contributed by atoms with van der Waals surface area (Å²) in [6.45, 7) is 5.27. The van der Waals surface area contributed by atoms with Crippen LogP contribution in [-0.4, -0.2) is 69.1 Å². The van der Waals surface area contributed by atoms with Gasteiger partial charge in [0.2, 0.25) is 0 Å². The van der Waals surface area contributed by atoms with E-state index in [0.29, 0.717) is 19.0 Å². The van der Waals surface area contributed by atoms with Crippen LogP contribution in [0.3, 0.4) is 0 Å². The Morgan fingerprint density at radius 2 is 2.09 bits per heavy atom. The minimum Gasteiger partial charge on any atom is -0.489 e. The summed E-state index contributed by atoms with van der Waals surface area (Å²) in [5.41, 5.74) is 0.863. The van der Waals surface area contributed by atoms with Gasteiger partial charge in [0.05, 0.1) is 42.5 Å². The molecule has 32 heavy (non-hydrogen) atoms. The van der Waals surface area contributed by atoms with Crippen molar-refractivity contribution in [2.45, 2.75) is 63.2 Å². The number of pyridine rings is 1. The number of hydrogen-bond acceptors (Lipinski definition) is 7. The van der Waals surface area contributed by atoms with Crippen LogP contribution in [-0.2, 0) is 9.47 Å². The standard InChI is InChI=1S/C23H30N6O3/c1-16-15-30-12-10-28(16)21-13-19(32-17-3-7-23(8-4-17)6-2-11-31-23)18-14-25-29(22(18)26-21)20-5-9-24-27-20/h5,9,13-14,16-17H,2-4,6-8,10-12,15H2,1H3,(H,24,27)/t16-,17-,23+/m1/s1. The Morgan fingerprint density at radius 3 is 2.84 bits per heavy atom. The summed E-state index contributed by atoms with van der Waals surface area (Å²) >= 11 is 0. The summed E-state index contributed by atoms with van der Waals surface area (Å²) in [4.78, 5) is 7.29. The molecule has 5 heterocycles. The van der Waals surface area contributed by atoms with E-state index >= 15 is 0 Å². The molecule has 3 fully saturated rings. The highest BCUT2D eigenvalue weighted by Crippen LogP contribution is 2.41. The van der Waals surface area contributed by atoms with Crippen molar-refractivity contribution in [2.24, 2.45) is 0 Å². The van der Waals surface area contributed by atoms with Crippen molar-refractivity contribution in [3.63, 3.8) is 0 Å². The van der Waals surface area contributed by atoms with Gasteiger partial charge in [0.25, 0.3) is 0 Å². The van der Waals surface area contributed by atoms with Crippen molar-refractivity contribution < 1.29 is 14.2 Å². The lowest BCUT2D eigenvalue weighted by molar-refractivity contribution is -0.0461. The van der Waals surface area contributed by atoms with Crippen LogP contribution in [0.4, 0.5) is 5.82 Å². The van der Waals surface area contributed by atoms with Crippen molar-refractivity contribution in [1.29, 1.82) is 0 Å². The molecule has 1 atom stereocenters. The van der Waals surface area contributed by atoms with E-state index < -0.39 is 0 Å². The van der Waals surface area contributed by atoms with E-state index in [-0.39, 0.29) is 17.7 Å². The summed E-state index contributed by atoms with van der Waals surface area (Å²) in [5.74, 6) is 2.45. The molecule has 6 rings (SSSR count). The molecule has 1 saturated carbocycles. The first kappa shape index (κ1) is 20.0. The number of nitrogens with zero attached hydrogens (tertiary/aromatic N) is 5. The van der Waals surface area contributed by atoms with Crippen molar-refractivity contribution in [2.75, 3.05) is 31.3 Å². The zero-order valence-corrected chi connectivity index (χ0v) is 18.5. The maximum atomic E-state index is 6.63. The lowest BCUT2D eigenvalue weighted by atomic mass is 9.81. The highest BCUT2D eigenvalue weighted by molar-refractivity contribution is 5.85. The lowest BCUT2D eigenvalue weighted by Crippen LogP contribution is -2.44. The number of ether oxygens (including phenoxy) is 3. The van der Waals surface area contributed by atoms with Gasteiger partial charge >= 0.3 is 0 Å². The molecule has 1 aliphatic carbocycles. The number of nitrogens with one attached hydrogen (secondary N) is 1. The molecular formula is C23H30N6O3. The predicted molar refractivity (Wildman–Crippen MR) is 119 cm³/mol. The third-order valence-electron chi connectivity index (χ3n) is 7.18. The fourth-order valence-electron chi connectivity index (χ4n) is 5.37. The first-order chi connectivity index (χ1) is 15.7. The molecule has 0 aromatic carbocycles. The highest BCUT2D eigenvalue weighted by Gasteiger charge is 2.39. The van der Waals surface area contributed by atoms with E-state index in [1.54, 1.807) is 10.9 Å². The normalized spacial score (nSPS) is 28.6. The van der Waals surface area contributed by atoms with Gasteiger partial charge in [0, 0.05) is 31.5 Å². The quantitative estimate of drug-likeness (QED) is 0.669. The molecule has 2 aliphatic heterocycles. The van der Waals surface area contributed by atoms with Crippen molar-refractivity contribution in [3.8, 4) is 11.6 Å². The van der Waals surface area contributed by atoms with Crippen LogP contribution in [0.2, 0.25) is 0 Å². The Balaban J connectivity index is 1.34. The molecule has 1 N–H and O–H groups in total. The molecule has 9 nitrogen and oxygen atoms in total. The topological polar surface area (TPSA) is 90.3 Å². The van der Waals surface area contributed by atoms with Crippen LogP contribution >= 0.6 is 0 Å². The molecule has 2 saturated heterocycles. The second kappa shape index (κ2) is 8.04. The summed E-state index contributed by atoms with van der Waals surface area (Å²) in [5, 5.41) is 12.7. The molecule has 3 aromatic rings. The molecule has 9 heteroatoms. The monoisotopic (exact) mass is 438 g/mol. The second-order valence-electron chi connectivity index (χ2n) is 9.27. The van der Waals surface area contributed by atoms with Crippen molar-refractivity contribution in [3.05, 3.63) is 24.5 Å². The van der Waals surface area contributed by atoms with Gasteiger partial charge in [0.1, 0.15) is 11.6 Å². The smallest absolute Gasteiger partial charge is 0.177 e. The van der Waals surface area contributed by atoms with E-state index in [0.717, 1.165) is 61.4 Å². The number of aromatic amines is 1. The molecule has 0 radical (unpaired) electrons. The Morgan fingerprint density at radius 1 is 1.19 bits per heavy atom. The third kappa shape index (κ3) is 3.53. The number of fused-ring (bicyclic) bond motifs is 1. The Labute approximate surface area is 187 Å². The summed E-state index contributed by atoms with van der Waals surface area (Å²) in [7, 11) is 0. The Kier molecular flexibility index (Phi) is 5.02. The van der Waals surface area contributed by atoms with E-state index in [4.69, 9.17) is 19.2 Å². The number of rotatable bonds is 4. The molecule has 0 unspecified atom stereocenters. The molecular weight excluding hydrogens is 408 g/mol. The third-order valence-corrected chi connectivity index (χ3v) is 7.18. The predicted octanol–water partition coefficient (Wildman–Crippen LogP) is 3.24. The maximum absolute atomic E-state index is 6.63. The van der Waals surface area contributed by atoms with Gasteiger partial charge in [-0.3, -0.25) is 5.10 Å². The van der Waals surface area contributed by atoms with Gasteiger partial charge in [0.15, 0.2) is 11.5 Å². The van der Waals surface area contributed by atoms with Crippen molar-refractivity contribution in [1.82, 2.24) is 25.0 Å². The molecule has 0 bridgehead atoms. The van der Waals surface area contributed by atoms with Crippen molar-refractivity contribution >= 4 is 16.9 Å². The number of hydrogen-bond donors (Lipinski definition) is 1. The van der Waals surface area contributed by atoms with Crippen LogP contribution in [0.15, 0.2) is 24.5 Å².